The van der Waals surface area contributed by atoms with Crippen LogP contribution in [0, 0.1) is 6.07 Å². The Balaban J connectivity index is 2.38. The fourth-order valence-electron chi connectivity index (χ4n) is 2.20. The maximum atomic E-state index is 12.2. The highest BCUT2D eigenvalue weighted by atomic mass is 16.1. The van der Waals surface area contributed by atoms with Gasteiger partial charge in [0.05, 0.1) is 5.56 Å². The van der Waals surface area contributed by atoms with E-state index in [1.54, 1.807) is 18.2 Å². The van der Waals surface area contributed by atoms with Crippen molar-refractivity contribution in [2.24, 2.45) is 5.73 Å². The Kier molecular flexibility index (Phi) is 1.89. The predicted octanol–water partition coefficient (Wildman–Crippen LogP) is 1.80. The molecule has 1 aliphatic carbocycles. The van der Waals surface area contributed by atoms with Gasteiger partial charge in [0.15, 0.2) is 5.78 Å². The van der Waals surface area contributed by atoms with E-state index in [9.17, 15) is 9.59 Å². The minimum atomic E-state index is -0.598. The van der Waals surface area contributed by atoms with Gasteiger partial charge in [-0.15, -0.1) is 0 Å². The number of ketones is 1. The van der Waals surface area contributed by atoms with Gasteiger partial charge in [-0.25, -0.2) is 0 Å². The third-order valence-corrected chi connectivity index (χ3v) is 2.95. The van der Waals surface area contributed by atoms with E-state index in [1.165, 1.54) is 6.07 Å². The Morgan fingerprint density at radius 3 is 2.47 bits per heavy atom. The molecule has 0 fully saturated rings. The standard InChI is InChI=1S/C14H8NO2/c15-14(17)11-7-3-6-9-8-4-1-2-5-10(8)13(16)12(9)11/h1-2,4-7H,(H2,15,17). The molecule has 81 valence electrons. The van der Waals surface area contributed by atoms with Crippen molar-refractivity contribution in [3.63, 3.8) is 0 Å². The minimum Gasteiger partial charge on any atom is -0.366 e. The number of carbonyl (C=O) groups excluding carboxylic acids is 2. The smallest absolute Gasteiger partial charge is 0.249 e. The summed E-state index contributed by atoms with van der Waals surface area (Å²) in [5.41, 5.74) is 8.11. The molecule has 0 saturated carbocycles. The first-order valence-electron chi connectivity index (χ1n) is 5.18. The zero-order valence-corrected chi connectivity index (χ0v) is 8.86. The normalized spacial score (nSPS) is 12.1. The SMILES string of the molecule is NC(=O)c1c[c]cc2c1C(=O)c1ccccc1-2. The van der Waals surface area contributed by atoms with E-state index >= 15 is 0 Å². The Labute approximate surface area is 97.9 Å². The lowest BCUT2D eigenvalue weighted by atomic mass is 10.0. The molecule has 2 aromatic carbocycles. The van der Waals surface area contributed by atoms with Crippen molar-refractivity contribution in [1.82, 2.24) is 0 Å². The van der Waals surface area contributed by atoms with E-state index in [0.29, 0.717) is 11.1 Å². The third-order valence-electron chi connectivity index (χ3n) is 2.95. The second-order valence-corrected chi connectivity index (χ2v) is 3.90. The fraction of sp³-hybridized carbons (Fsp3) is 0. The van der Waals surface area contributed by atoms with Crippen molar-refractivity contribution < 1.29 is 9.59 Å². The zero-order chi connectivity index (χ0) is 12.0. The number of hydrogen-bond donors (Lipinski definition) is 1. The molecule has 0 aromatic heterocycles. The van der Waals surface area contributed by atoms with E-state index in [2.05, 4.69) is 6.07 Å². The van der Waals surface area contributed by atoms with Crippen LogP contribution in [0.15, 0.2) is 36.4 Å². The van der Waals surface area contributed by atoms with Crippen LogP contribution in [0.4, 0.5) is 0 Å². The number of rotatable bonds is 1. The molecule has 3 rings (SSSR count). The van der Waals surface area contributed by atoms with Gasteiger partial charge >= 0.3 is 0 Å². The summed E-state index contributed by atoms with van der Waals surface area (Å²) in [6, 6.07) is 13.3. The van der Waals surface area contributed by atoms with Gasteiger partial charge in [-0.3, -0.25) is 9.59 Å². The van der Waals surface area contributed by atoms with Crippen molar-refractivity contribution in [1.29, 1.82) is 0 Å². The van der Waals surface area contributed by atoms with E-state index in [4.69, 9.17) is 5.73 Å². The number of hydrogen-bond acceptors (Lipinski definition) is 2. The highest BCUT2D eigenvalue weighted by molar-refractivity contribution is 6.25. The maximum Gasteiger partial charge on any atom is 0.249 e. The quantitative estimate of drug-likeness (QED) is 0.682. The summed E-state index contributed by atoms with van der Waals surface area (Å²) in [6.45, 7) is 0. The molecule has 2 N–H and O–H groups in total. The molecule has 0 bridgehead atoms. The Morgan fingerprint density at radius 1 is 1.06 bits per heavy atom. The van der Waals surface area contributed by atoms with Crippen molar-refractivity contribution >= 4 is 11.7 Å². The molecule has 1 aliphatic rings. The maximum absolute atomic E-state index is 12.2. The van der Waals surface area contributed by atoms with Crippen LogP contribution in [0.2, 0.25) is 0 Å². The highest BCUT2D eigenvalue weighted by Gasteiger charge is 2.29. The largest absolute Gasteiger partial charge is 0.366 e. The summed E-state index contributed by atoms with van der Waals surface area (Å²) in [5.74, 6) is -0.738. The molecule has 0 aliphatic heterocycles. The number of fused-ring (bicyclic) bond motifs is 3. The van der Waals surface area contributed by atoms with Crippen molar-refractivity contribution in [2.45, 2.75) is 0 Å². The summed E-state index contributed by atoms with van der Waals surface area (Å²) in [4.78, 5) is 23.5. The van der Waals surface area contributed by atoms with Gasteiger partial charge < -0.3 is 5.73 Å². The second-order valence-electron chi connectivity index (χ2n) is 3.90. The monoisotopic (exact) mass is 222 g/mol. The van der Waals surface area contributed by atoms with E-state index in [0.717, 1.165) is 11.1 Å². The zero-order valence-electron chi connectivity index (χ0n) is 8.86. The summed E-state index contributed by atoms with van der Waals surface area (Å²) in [7, 11) is 0. The molecule has 17 heavy (non-hydrogen) atoms. The van der Waals surface area contributed by atoms with Crippen molar-refractivity contribution in [3.05, 3.63) is 59.2 Å². The van der Waals surface area contributed by atoms with Gasteiger partial charge in [0.2, 0.25) is 5.91 Å². The van der Waals surface area contributed by atoms with E-state index in [1.807, 2.05) is 12.1 Å². The topological polar surface area (TPSA) is 60.2 Å². The van der Waals surface area contributed by atoms with Crippen LogP contribution >= 0.6 is 0 Å². The van der Waals surface area contributed by atoms with Crippen molar-refractivity contribution in [3.8, 4) is 11.1 Å². The van der Waals surface area contributed by atoms with E-state index < -0.39 is 5.91 Å². The van der Waals surface area contributed by atoms with Gasteiger partial charge in [-0.2, -0.15) is 0 Å². The number of benzene rings is 2. The molecule has 0 saturated heterocycles. The van der Waals surface area contributed by atoms with Crippen LogP contribution < -0.4 is 5.73 Å². The molecule has 1 amide bonds. The molecular formula is C14H8NO2. The first-order chi connectivity index (χ1) is 8.20. The number of primary amides is 1. The third kappa shape index (κ3) is 1.22. The van der Waals surface area contributed by atoms with Crippen LogP contribution in [0.5, 0.6) is 0 Å². The van der Waals surface area contributed by atoms with Crippen molar-refractivity contribution in [2.75, 3.05) is 0 Å². The van der Waals surface area contributed by atoms with Crippen LogP contribution in [0.1, 0.15) is 26.3 Å². The number of carbonyl (C=O) groups is 2. The lowest BCUT2D eigenvalue weighted by Crippen LogP contribution is -2.15. The first-order valence-corrected chi connectivity index (χ1v) is 5.18. The molecule has 3 nitrogen and oxygen atoms in total. The van der Waals surface area contributed by atoms with Gasteiger partial charge in [-0.05, 0) is 29.3 Å². The first kappa shape index (κ1) is 9.78. The number of amides is 1. The molecule has 0 atom stereocenters. The Hall–Kier alpha value is -2.42. The highest BCUT2D eigenvalue weighted by Crippen LogP contribution is 2.37. The van der Waals surface area contributed by atoms with E-state index in [-0.39, 0.29) is 11.3 Å². The molecule has 1 radical (unpaired) electrons. The Bertz CT molecular complexity index is 659. The lowest BCUT2D eigenvalue weighted by Gasteiger charge is -2.02. The summed E-state index contributed by atoms with van der Waals surface area (Å²) < 4.78 is 0. The molecule has 0 heterocycles. The van der Waals surface area contributed by atoms with Gasteiger partial charge in [0.1, 0.15) is 0 Å². The minimum absolute atomic E-state index is 0.140. The lowest BCUT2D eigenvalue weighted by molar-refractivity contribution is 0.0983. The second kappa shape index (κ2) is 3.28. The molecule has 2 aromatic rings. The fourth-order valence-corrected chi connectivity index (χ4v) is 2.20. The predicted molar refractivity (Wildman–Crippen MR) is 62.7 cm³/mol. The van der Waals surface area contributed by atoms with Crippen LogP contribution in [-0.2, 0) is 0 Å². The molecule has 0 unspecified atom stereocenters. The summed E-state index contributed by atoms with van der Waals surface area (Å²) >= 11 is 0. The summed E-state index contributed by atoms with van der Waals surface area (Å²) in [6.07, 6.45) is 0. The molecule has 3 heteroatoms. The Morgan fingerprint density at radius 2 is 1.76 bits per heavy atom. The van der Waals surface area contributed by atoms with Crippen LogP contribution in [0.3, 0.4) is 0 Å². The number of nitrogens with two attached hydrogens (primary N) is 1. The van der Waals surface area contributed by atoms with Gasteiger partial charge in [0, 0.05) is 11.1 Å². The van der Waals surface area contributed by atoms with Gasteiger partial charge in [0.25, 0.3) is 0 Å². The van der Waals surface area contributed by atoms with Crippen LogP contribution in [-0.4, -0.2) is 11.7 Å². The molecule has 0 spiro atoms. The van der Waals surface area contributed by atoms with Gasteiger partial charge in [-0.1, -0.05) is 24.3 Å². The summed E-state index contributed by atoms with van der Waals surface area (Å²) in [5, 5.41) is 0. The molecular weight excluding hydrogens is 214 g/mol. The average molecular weight is 222 g/mol. The average Bonchev–Trinajstić information content (AvgIpc) is 2.64. The van der Waals surface area contributed by atoms with Crippen LogP contribution in [0.25, 0.3) is 11.1 Å².